The fourth-order valence-electron chi connectivity index (χ4n) is 1.91. The van der Waals surface area contributed by atoms with Crippen molar-refractivity contribution in [2.75, 3.05) is 0 Å². The summed E-state index contributed by atoms with van der Waals surface area (Å²) in [7, 11) is 0. The van der Waals surface area contributed by atoms with E-state index in [0.717, 1.165) is 25.0 Å². The topological polar surface area (TPSA) is 58.3 Å². The molecule has 2 atom stereocenters. The van der Waals surface area contributed by atoms with Crippen LogP contribution in [0.15, 0.2) is 17.0 Å². The van der Waals surface area contributed by atoms with Crippen molar-refractivity contribution in [3.8, 4) is 0 Å². The quantitative estimate of drug-likeness (QED) is 0.759. The summed E-state index contributed by atoms with van der Waals surface area (Å²) in [5.41, 5.74) is 0. The second kappa shape index (κ2) is 4.57. The molecule has 14 heavy (non-hydrogen) atoms. The van der Waals surface area contributed by atoms with Gasteiger partial charge in [-0.1, -0.05) is 12.8 Å². The molecule has 1 fully saturated rings. The highest BCUT2D eigenvalue weighted by molar-refractivity contribution is 4.90. The molecule has 0 aliphatic heterocycles. The van der Waals surface area contributed by atoms with Gasteiger partial charge in [0.2, 0.25) is 0 Å². The standard InChI is InChI=1S/C10H16N2O2/c13-10-4-2-1-3-9(10)12-6-8-5-11-7-14-8/h5,7,9-10,12-13H,1-4,6H2. The molecule has 0 bridgehead atoms. The van der Waals surface area contributed by atoms with E-state index in [-0.39, 0.29) is 12.1 Å². The zero-order valence-electron chi connectivity index (χ0n) is 8.15. The Morgan fingerprint density at radius 3 is 3.07 bits per heavy atom. The number of nitrogens with zero attached hydrogens (tertiary/aromatic N) is 1. The third-order valence-corrected chi connectivity index (χ3v) is 2.75. The molecule has 0 aromatic carbocycles. The molecule has 2 unspecified atom stereocenters. The van der Waals surface area contributed by atoms with Gasteiger partial charge in [-0.3, -0.25) is 0 Å². The Morgan fingerprint density at radius 2 is 2.36 bits per heavy atom. The maximum absolute atomic E-state index is 9.69. The van der Waals surface area contributed by atoms with Gasteiger partial charge in [-0.25, -0.2) is 4.98 Å². The molecule has 0 radical (unpaired) electrons. The second-order valence-corrected chi connectivity index (χ2v) is 3.81. The first-order chi connectivity index (χ1) is 6.86. The molecule has 2 N–H and O–H groups in total. The van der Waals surface area contributed by atoms with Crippen molar-refractivity contribution in [1.82, 2.24) is 10.3 Å². The first-order valence-corrected chi connectivity index (χ1v) is 5.15. The van der Waals surface area contributed by atoms with Crippen LogP contribution < -0.4 is 5.32 Å². The van der Waals surface area contributed by atoms with Gasteiger partial charge in [0, 0.05) is 6.04 Å². The molecule has 0 amide bonds. The summed E-state index contributed by atoms with van der Waals surface area (Å²) in [6.45, 7) is 0.654. The Kier molecular flexibility index (Phi) is 3.16. The van der Waals surface area contributed by atoms with Crippen LogP contribution in [0.2, 0.25) is 0 Å². The van der Waals surface area contributed by atoms with Crippen LogP contribution in [0, 0.1) is 0 Å². The van der Waals surface area contributed by atoms with E-state index in [9.17, 15) is 5.11 Å². The summed E-state index contributed by atoms with van der Waals surface area (Å²) in [5.74, 6) is 0.822. The van der Waals surface area contributed by atoms with Gasteiger partial charge in [0.15, 0.2) is 6.39 Å². The highest BCUT2D eigenvalue weighted by Crippen LogP contribution is 2.18. The van der Waals surface area contributed by atoms with Crippen molar-refractivity contribution in [3.63, 3.8) is 0 Å². The van der Waals surface area contributed by atoms with Gasteiger partial charge in [-0.2, -0.15) is 0 Å². The van der Waals surface area contributed by atoms with Gasteiger partial charge < -0.3 is 14.8 Å². The summed E-state index contributed by atoms with van der Waals surface area (Å²) >= 11 is 0. The van der Waals surface area contributed by atoms with Crippen molar-refractivity contribution in [3.05, 3.63) is 18.4 Å². The van der Waals surface area contributed by atoms with Crippen molar-refractivity contribution in [2.45, 2.75) is 44.4 Å². The largest absolute Gasteiger partial charge is 0.447 e. The van der Waals surface area contributed by atoms with Crippen LogP contribution in [0.3, 0.4) is 0 Å². The Bertz CT molecular complexity index is 261. The number of aromatic nitrogens is 1. The lowest BCUT2D eigenvalue weighted by molar-refractivity contribution is 0.0893. The van der Waals surface area contributed by atoms with Crippen molar-refractivity contribution in [2.24, 2.45) is 0 Å². The summed E-state index contributed by atoms with van der Waals surface area (Å²) in [6.07, 6.45) is 7.22. The fourth-order valence-corrected chi connectivity index (χ4v) is 1.91. The number of aliphatic hydroxyl groups excluding tert-OH is 1. The molecule has 1 aliphatic rings. The molecule has 1 aromatic rings. The molecule has 1 saturated carbocycles. The van der Waals surface area contributed by atoms with E-state index in [1.807, 2.05) is 0 Å². The van der Waals surface area contributed by atoms with Crippen LogP contribution in [0.1, 0.15) is 31.4 Å². The third kappa shape index (κ3) is 2.33. The molecule has 4 heteroatoms. The Hall–Kier alpha value is -0.870. The molecule has 0 saturated heterocycles. The Labute approximate surface area is 83.3 Å². The lowest BCUT2D eigenvalue weighted by atomic mass is 9.92. The molecular weight excluding hydrogens is 180 g/mol. The lowest BCUT2D eigenvalue weighted by Gasteiger charge is -2.28. The molecule has 0 spiro atoms. The average molecular weight is 196 g/mol. The van der Waals surface area contributed by atoms with Crippen LogP contribution in [0.5, 0.6) is 0 Å². The van der Waals surface area contributed by atoms with E-state index in [0.29, 0.717) is 6.54 Å². The minimum atomic E-state index is -0.202. The maximum atomic E-state index is 9.69. The molecule has 4 nitrogen and oxygen atoms in total. The highest BCUT2D eigenvalue weighted by atomic mass is 16.3. The fraction of sp³-hybridized carbons (Fsp3) is 0.700. The zero-order valence-corrected chi connectivity index (χ0v) is 8.15. The Morgan fingerprint density at radius 1 is 1.50 bits per heavy atom. The smallest absolute Gasteiger partial charge is 0.180 e. The zero-order chi connectivity index (χ0) is 9.80. The van der Waals surface area contributed by atoms with Crippen molar-refractivity contribution in [1.29, 1.82) is 0 Å². The second-order valence-electron chi connectivity index (χ2n) is 3.81. The monoisotopic (exact) mass is 196 g/mol. The number of rotatable bonds is 3. The predicted octanol–water partition coefficient (Wildman–Crippen LogP) is 1.07. The van der Waals surface area contributed by atoms with Gasteiger partial charge in [0.1, 0.15) is 5.76 Å². The summed E-state index contributed by atoms with van der Waals surface area (Å²) in [5, 5.41) is 13.0. The first-order valence-electron chi connectivity index (χ1n) is 5.15. The van der Waals surface area contributed by atoms with E-state index in [4.69, 9.17) is 4.42 Å². The third-order valence-electron chi connectivity index (χ3n) is 2.75. The maximum Gasteiger partial charge on any atom is 0.180 e. The van der Waals surface area contributed by atoms with E-state index in [2.05, 4.69) is 10.3 Å². The Balaban J connectivity index is 1.79. The minimum Gasteiger partial charge on any atom is -0.447 e. The molecule has 1 aromatic heterocycles. The van der Waals surface area contributed by atoms with Gasteiger partial charge in [0.05, 0.1) is 18.8 Å². The van der Waals surface area contributed by atoms with E-state index >= 15 is 0 Å². The average Bonchev–Trinajstić information content (AvgIpc) is 2.69. The van der Waals surface area contributed by atoms with Crippen molar-refractivity contribution >= 4 is 0 Å². The highest BCUT2D eigenvalue weighted by Gasteiger charge is 2.22. The number of nitrogens with one attached hydrogen (secondary N) is 1. The van der Waals surface area contributed by atoms with E-state index in [1.165, 1.54) is 12.8 Å². The SMILES string of the molecule is OC1CCCCC1NCc1cnco1. The summed E-state index contributed by atoms with van der Waals surface area (Å²) < 4.78 is 5.10. The van der Waals surface area contributed by atoms with E-state index < -0.39 is 0 Å². The molecule has 1 aliphatic carbocycles. The normalized spacial score (nSPS) is 27.8. The van der Waals surface area contributed by atoms with Crippen LogP contribution >= 0.6 is 0 Å². The van der Waals surface area contributed by atoms with Crippen LogP contribution in [0.25, 0.3) is 0 Å². The molecule has 1 heterocycles. The molecule has 2 rings (SSSR count). The minimum absolute atomic E-state index is 0.202. The number of hydrogen-bond donors (Lipinski definition) is 2. The summed E-state index contributed by atoms with van der Waals surface area (Å²) in [4.78, 5) is 3.84. The first kappa shape index (κ1) is 9.68. The van der Waals surface area contributed by atoms with Crippen molar-refractivity contribution < 1.29 is 9.52 Å². The lowest BCUT2D eigenvalue weighted by Crippen LogP contribution is -2.41. The van der Waals surface area contributed by atoms with Gasteiger partial charge >= 0.3 is 0 Å². The van der Waals surface area contributed by atoms with E-state index in [1.54, 1.807) is 6.20 Å². The number of oxazole rings is 1. The molecular formula is C10H16N2O2. The van der Waals surface area contributed by atoms with Crippen LogP contribution in [-0.4, -0.2) is 22.2 Å². The van der Waals surface area contributed by atoms with Crippen LogP contribution in [-0.2, 0) is 6.54 Å². The van der Waals surface area contributed by atoms with Gasteiger partial charge in [0.25, 0.3) is 0 Å². The van der Waals surface area contributed by atoms with Gasteiger partial charge in [-0.15, -0.1) is 0 Å². The summed E-state index contributed by atoms with van der Waals surface area (Å²) in [6, 6.07) is 0.217. The van der Waals surface area contributed by atoms with Gasteiger partial charge in [-0.05, 0) is 12.8 Å². The van der Waals surface area contributed by atoms with Crippen LogP contribution in [0.4, 0.5) is 0 Å². The predicted molar refractivity (Wildman–Crippen MR) is 51.6 cm³/mol. The number of aliphatic hydroxyl groups is 1. The molecule has 78 valence electrons. The number of hydrogen-bond acceptors (Lipinski definition) is 4.